The van der Waals surface area contributed by atoms with Crippen molar-refractivity contribution in [3.63, 3.8) is 0 Å². The lowest BCUT2D eigenvalue weighted by molar-refractivity contribution is 0.0398. The van der Waals surface area contributed by atoms with Gasteiger partial charge in [-0.05, 0) is 25.5 Å². The number of aromatic nitrogens is 1. The fourth-order valence-electron chi connectivity index (χ4n) is 1.40. The average Bonchev–Trinajstić information content (AvgIpc) is 2.37. The van der Waals surface area contributed by atoms with Crippen molar-refractivity contribution in [2.24, 2.45) is 0 Å². The second-order valence-corrected chi connectivity index (χ2v) is 4.23. The molecule has 0 bridgehead atoms. The maximum absolute atomic E-state index is 6.06. The Balaban J connectivity index is 2.34. The Hall–Kier alpha value is -0.840. The van der Waals surface area contributed by atoms with Crippen LogP contribution in [0.3, 0.4) is 0 Å². The van der Waals surface area contributed by atoms with Gasteiger partial charge in [0, 0.05) is 13.2 Å². The van der Waals surface area contributed by atoms with Crippen LogP contribution in [0.15, 0.2) is 12.1 Å². The molecular weight excluding hydrogens is 252 g/mol. The van der Waals surface area contributed by atoms with Crippen LogP contribution >= 0.6 is 11.6 Å². The highest BCUT2D eigenvalue weighted by molar-refractivity contribution is 6.31. The second-order valence-electron chi connectivity index (χ2n) is 3.82. The van der Waals surface area contributed by atoms with Crippen LogP contribution in [0.4, 0.5) is 5.82 Å². The maximum atomic E-state index is 6.06. The molecule has 102 valence electrons. The molecule has 0 saturated carbocycles. The van der Waals surface area contributed by atoms with Crippen molar-refractivity contribution < 1.29 is 9.47 Å². The van der Waals surface area contributed by atoms with E-state index in [-0.39, 0.29) is 0 Å². The van der Waals surface area contributed by atoms with E-state index < -0.39 is 0 Å². The van der Waals surface area contributed by atoms with Crippen molar-refractivity contribution in [2.45, 2.75) is 26.9 Å². The summed E-state index contributed by atoms with van der Waals surface area (Å²) in [5.74, 6) is 0.822. The van der Waals surface area contributed by atoms with Crippen LogP contribution < -0.4 is 5.32 Å². The van der Waals surface area contributed by atoms with Gasteiger partial charge in [-0.15, -0.1) is 0 Å². The van der Waals surface area contributed by atoms with Gasteiger partial charge in [-0.3, -0.25) is 0 Å². The zero-order valence-corrected chi connectivity index (χ0v) is 11.8. The van der Waals surface area contributed by atoms with Gasteiger partial charge in [0.05, 0.1) is 30.5 Å². The van der Waals surface area contributed by atoms with Crippen molar-refractivity contribution in [3.8, 4) is 0 Å². The van der Waals surface area contributed by atoms with E-state index >= 15 is 0 Å². The fraction of sp³-hybridized carbons (Fsp3) is 0.615. The highest BCUT2D eigenvalue weighted by Gasteiger charge is 2.04. The second kappa shape index (κ2) is 9.14. The summed E-state index contributed by atoms with van der Waals surface area (Å²) < 4.78 is 10.8. The third kappa shape index (κ3) is 5.67. The van der Waals surface area contributed by atoms with Crippen LogP contribution in [-0.2, 0) is 16.1 Å². The van der Waals surface area contributed by atoms with E-state index in [1.54, 1.807) is 0 Å². The van der Waals surface area contributed by atoms with Gasteiger partial charge in [0.25, 0.3) is 0 Å². The highest BCUT2D eigenvalue weighted by atomic mass is 35.5. The molecule has 0 spiro atoms. The first kappa shape index (κ1) is 15.2. The van der Waals surface area contributed by atoms with E-state index in [9.17, 15) is 0 Å². The Labute approximate surface area is 114 Å². The van der Waals surface area contributed by atoms with Crippen LogP contribution in [0, 0.1) is 0 Å². The van der Waals surface area contributed by atoms with Crippen molar-refractivity contribution >= 4 is 17.4 Å². The molecule has 4 nitrogen and oxygen atoms in total. The van der Waals surface area contributed by atoms with Crippen LogP contribution in [0.5, 0.6) is 0 Å². The normalized spacial score (nSPS) is 10.6. The molecule has 0 aliphatic rings. The molecule has 0 aliphatic heterocycles. The number of nitrogens with one attached hydrogen (secondary N) is 1. The Bertz CT molecular complexity index is 348. The summed E-state index contributed by atoms with van der Waals surface area (Å²) in [6, 6.07) is 3.69. The molecule has 0 unspecified atom stereocenters. The third-order valence-corrected chi connectivity index (χ3v) is 2.58. The highest BCUT2D eigenvalue weighted by Crippen LogP contribution is 2.17. The molecule has 0 fully saturated rings. The van der Waals surface area contributed by atoms with E-state index in [0.29, 0.717) is 24.8 Å². The predicted molar refractivity (Wildman–Crippen MR) is 74.2 cm³/mol. The summed E-state index contributed by atoms with van der Waals surface area (Å²) >= 11 is 6.06. The van der Waals surface area contributed by atoms with Crippen LogP contribution in [0.1, 0.15) is 26.0 Å². The average molecular weight is 273 g/mol. The number of rotatable bonds is 9. The lowest BCUT2D eigenvalue weighted by Crippen LogP contribution is -2.07. The molecule has 18 heavy (non-hydrogen) atoms. The van der Waals surface area contributed by atoms with E-state index in [0.717, 1.165) is 31.1 Å². The SMILES string of the molecule is CCCOCCOCc1nc(NCC)ccc1Cl. The van der Waals surface area contributed by atoms with Gasteiger partial charge in [-0.25, -0.2) is 4.98 Å². The topological polar surface area (TPSA) is 43.4 Å². The van der Waals surface area contributed by atoms with Crippen molar-refractivity contribution in [3.05, 3.63) is 22.8 Å². The quantitative estimate of drug-likeness (QED) is 0.702. The molecule has 1 aromatic rings. The molecule has 1 N–H and O–H groups in total. The number of ether oxygens (including phenoxy) is 2. The number of pyridine rings is 1. The van der Waals surface area contributed by atoms with E-state index in [4.69, 9.17) is 21.1 Å². The molecular formula is C13H21ClN2O2. The summed E-state index contributed by atoms with van der Waals surface area (Å²) in [6.45, 7) is 7.29. The molecule has 0 amide bonds. The van der Waals surface area contributed by atoms with Gasteiger partial charge < -0.3 is 14.8 Å². The molecule has 0 aliphatic carbocycles. The monoisotopic (exact) mass is 272 g/mol. The number of hydrogen-bond acceptors (Lipinski definition) is 4. The molecule has 1 aromatic heterocycles. The summed E-state index contributed by atoms with van der Waals surface area (Å²) in [7, 11) is 0. The molecule has 0 radical (unpaired) electrons. The van der Waals surface area contributed by atoms with Crippen molar-refractivity contribution in [2.75, 3.05) is 31.7 Å². The molecule has 0 aromatic carbocycles. The first-order valence-corrected chi connectivity index (χ1v) is 6.70. The molecule has 0 atom stereocenters. The standard InChI is InChI=1S/C13H21ClN2O2/c1-3-7-17-8-9-18-10-12-11(14)5-6-13(16-12)15-4-2/h5-6H,3-4,7-10H2,1-2H3,(H,15,16). The lowest BCUT2D eigenvalue weighted by Gasteiger charge is -2.08. The van der Waals surface area contributed by atoms with Gasteiger partial charge in [-0.2, -0.15) is 0 Å². The van der Waals surface area contributed by atoms with Crippen molar-refractivity contribution in [1.82, 2.24) is 4.98 Å². The Morgan fingerprint density at radius 2 is 1.94 bits per heavy atom. The van der Waals surface area contributed by atoms with Crippen molar-refractivity contribution in [1.29, 1.82) is 0 Å². The largest absolute Gasteiger partial charge is 0.379 e. The minimum atomic E-state index is 0.410. The number of nitrogens with zero attached hydrogens (tertiary/aromatic N) is 1. The lowest BCUT2D eigenvalue weighted by atomic mass is 10.3. The third-order valence-electron chi connectivity index (χ3n) is 2.24. The Kier molecular flexibility index (Phi) is 7.73. The zero-order valence-electron chi connectivity index (χ0n) is 11.0. The van der Waals surface area contributed by atoms with Crippen LogP contribution in [0.25, 0.3) is 0 Å². The smallest absolute Gasteiger partial charge is 0.126 e. The predicted octanol–water partition coefficient (Wildman–Crippen LogP) is 3.11. The van der Waals surface area contributed by atoms with Gasteiger partial charge >= 0.3 is 0 Å². The molecule has 0 saturated heterocycles. The minimum Gasteiger partial charge on any atom is -0.379 e. The van der Waals surface area contributed by atoms with Crippen LogP contribution in [0.2, 0.25) is 5.02 Å². The van der Waals surface area contributed by atoms with E-state index in [1.165, 1.54) is 0 Å². The van der Waals surface area contributed by atoms with Crippen LogP contribution in [-0.4, -0.2) is 31.3 Å². The Morgan fingerprint density at radius 1 is 1.17 bits per heavy atom. The first-order chi connectivity index (χ1) is 8.77. The van der Waals surface area contributed by atoms with Gasteiger partial charge in [-0.1, -0.05) is 18.5 Å². The summed E-state index contributed by atoms with van der Waals surface area (Å²) in [5, 5.41) is 3.77. The van der Waals surface area contributed by atoms with Gasteiger partial charge in [0.15, 0.2) is 0 Å². The summed E-state index contributed by atoms with van der Waals surface area (Å²) in [4.78, 5) is 4.39. The fourth-order valence-corrected chi connectivity index (χ4v) is 1.56. The number of halogens is 1. The summed E-state index contributed by atoms with van der Waals surface area (Å²) in [6.07, 6.45) is 1.03. The molecule has 1 heterocycles. The Morgan fingerprint density at radius 3 is 2.67 bits per heavy atom. The molecule has 1 rings (SSSR count). The maximum Gasteiger partial charge on any atom is 0.126 e. The van der Waals surface area contributed by atoms with Gasteiger partial charge in [0.1, 0.15) is 5.82 Å². The minimum absolute atomic E-state index is 0.410. The zero-order chi connectivity index (χ0) is 13.2. The first-order valence-electron chi connectivity index (χ1n) is 6.32. The van der Waals surface area contributed by atoms with E-state index in [2.05, 4.69) is 17.2 Å². The van der Waals surface area contributed by atoms with E-state index in [1.807, 2.05) is 19.1 Å². The summed E-state index contributed by atoms with van der Waals surface area (Å²) in [5.41, 5.74) is 0.755. The van der Waals surface area contributed by atoms with Gasteiger partial charge in [0.2, 0.25) is 0 Å². The molecule has 5 heteroatoms. The number of anilines is 1. The number of hydrogen-bond donors (Lipinski definition) is 1.